The number of rotatable bonds is 8. The lowest BCUT2D eigenvalue weighted by molar-refractivity contribution is -0.129. The van der Waals surface area contributed by atoms with Crippen molar-refractivity contribution in [3.8, 4) is 0 Å². The number of carbonyl (C=O) groups excluding carboxylic acids is 2. The largest absolute Gasteiger partial charge is 0.346 e. The Kier molecular flexibility index (Phi) is 7.04. The van der Waals surface area contributed by atoms with Gasteiger partial charge in [0, 0.05) is 47.4 Å². The Bertz CT molecular complexity index is 1050. The van der Waals surface area contributed by atoms with Gasteiger partial charge >= 0.3 is 0 Å². The Morgan fingerprint density at radius 3 is 2.88 bits per heavy atom. The normalized spacial score (nSPS) is 20.5. The Labute approximate surface area is 194 Å². The first-order chi connectivity index (χ1) is 15.4. The molecule has 1 amide bonds. The second-order valence-electron chi connectivity index (χ2n) is 9.18. The van der Waals surface area contributed by atoms with E-state index < -0.39 is 6.04 Å². The Balaban J connectivity index is 1.23. The molecule has 2 aliphatic rings. The number of allylic oxidation sites excluding steroid dienone is 1. The highest BCUT2D eigenvalue weighted by Crippen LogP contribution is 2.33. The maximum atomic E-state index is 12.7. The van der Waals surface area contributed by atoms with Crippen molar-refractivity contribution in [1.82, 2.24) is 15.3 Å². The molecular weight excluding hydrogens is 422 g/mol. The molecule has 1 fully saturated rings. The molecule has 2 aliphatic carbocycles. The highest BCUT2D eigenvalue weighted by molar-refractivity contribution is 6.49. The standard InChI is InChI=1S/C26H30ClN3O2/c1-16-11-19(9-10-28-16)12-18-3-5-21(13-18)26(32)30-17(2)25(31)8-4-20-14-22-23(27)6-7-24(22)29-15-20/h6,9-11,14-15,17-18,21H,3-5,7-8,12-13H2,1-2H3,(H,30,32)/t17-,18-,21+/m0/s1. The van der Waals surface area contributed by atoms with Gasteiger partial charge in [0.2, 0.25) is 5.91 Å². The summed E-state index contributed by atoms with van der Waals surface area (Å²) >= 11 is 6.21. The molecule has 0 spiro atoms. The minimum Gasteiger partial charge on any atom is -0.346 e. The zero-order valence-electron chi connectivity index (χ0n) is 18.7. The van der Waals surface area contributed by atoms with Crippen LogP contribution in [-0.4, -0.2) is 27.7 Å². The topological polar surface area (TPSA) is 72.0 Å². The Morgan fingerprint density at radius 2 is 2.06 bits per heavy atom. The molecule has 2 heterocycles. The van der Waals surface area contributed by atoms with E-state index >= 15 is 0 Å². The summed E-state index contributed by atoms with van der Waals surface area (Å²) in [5, 5.41) is 3.69. The predicted molar refractivity (Wildman–Crippen MR) is 126 cm³/mol. The average molecular weight is 452 g/mol. The monoisotopic (exact) mass is 451 g/mol. The van der Waals surface area contributed by atoms with Gasteiger partial charge in [0.05, 0.1) is 11.7 Å². The fraction of sp³-hybridized carbons (Fsp3) is 0.462. The first-order valence-corrected chi connectivity index (χ1v) is 11.8. The molecule has 0 radical (unpaired) electrons. The molecular formula is C26H30ClN3O2. The first-order valence-electron chi connectivity index (χ1n) is 11.5. The summed E-state index contributed by atoms with van der Waals surface area (Å²) < 4.78 is 0. The zero-order chi connectivity index (χ0) is 22.7. The van der Waals surface area contributed by atoms with Gasteiger partial charge in [-0.05, 0) is 81.2 Å². The van der Waals surface area contributed by atoms with E-state index in [1.807, 2.05) is 31.5 Å². The van der Waals surface area contributed by atoms with Gasteiger partial charge in [-0.15, -0.1) is 0 Å². The lowest BCUT2D eigenvalue weighted by atomic mass is 9.96. The van der Waals surface area contributed by atoms with Gasteiger partial charge in [0.1, 0.15) is 0 Å². The number of nitrogens with one attached hydrogen (secondary N) is 1. The SMILES string of the molecule is Cc1cc(C[C@@H]2CC[C@@H](C(=O)N[C@@H](C)C(=O)CCc3cnc4c(c3)C(Cl)=CC4)C2)ccn1. The fourth-order valence-corrected chi connectivity index (χ4v) is 5.04. The van der Waals surface area contributed by atoms with Gasteiger partial charge < -0.3 is 5.32 Å². The minimum absolute atomic E-state index is 0.00646. The molecule has 0 unspecified atom stereocenters. The van der Waals surface area contributed by atoms with Crippen molar-refractivity contribution in [2.75, 3.05) is 0 Å². The van der Waals surface area contributed by atoms with Crippen LogP contribution in [0.2, 0.25) is 0 Å². The van der Waals surface area contributed by atoms with Gasteiger partial charge in [0.15, 0.2) is 5.78 Å². The van der Waals surface area contributed by atoms with Crippen LogP contribution in [0.15, 0.2) is 36.7 Å². The molecule has 168 valence electrons. The maximum Gasteiger partial charge on any atom is 0.223 e. The van der Waals surface area contributed by atoms with E-state index in [-0.39, 0.29) is 17.6 Å². The highest BCUT2D eigenvalue weighted by Gasteiger charge is 2.31. The molecule has 0 bridgehead atoms. The van der Waals surface area contributed by atoms with E-state index in [9.17, 15) is 9.59 Å². The van der Waals surface area contributed by atoms with Crippen LogP contribution in [0.1, 0.15) is 60.7 Å². The molecule has 32 heavy (non-hydrogen) atoms. The molecule has 1 saturated carbocycles. The molecule has 6 heteroatoms. The summed E-state index contributed by atoms with van der Waals surface area (Å²) in [4.78, 5) is 34.1. The quantitative estimate of drug-likeness (QED) is 0.637. The van der Waals surface area contributed by atoms with E-state index in [0.717, 1.165) is 59.7 Å². The van der Waals surface area contributed by atoms with Crippen LogP contribution in [0.5, 0.6) is 0 Å². The van der Waals surface area contributed by atoms with E-state index in [0.29, 0.717) is 18.8 Å². The number of nitrogens with zero attached hydrogens (tertiary/aromatic N) is 2. The average Bonchev–Trinajstić information content (AvgIpc) is 3.39. The third kappa shape index (κ3) is 5.44. The second-order valence-corrected chi connectivity index (χ2v) is 9.58. The summed E-state index contributed by atoms with van der Waals surface area (Å²) in [6.45, 7) is 3.78. The zero-order valence-corrected chi connectivity index (χ0v) is 19.5. The Hall–Kier alpha value is -2.53. The van der Waals surface area contributed by atoms with Crippen LogP contribution in [0.3, 0.4) is 0 Å². The van der Waals surface area contributed by atoms with Crippen LogP contribution in [-0.2, 0) is 28.9 Å². The van der Waals surface area contributed by atoms with Crippen molar-refractivity contribution in [2.24, 2.45) is 11.8 Å². The number of ketones is 1. The van der Waals surface area contributed by atoms with Crippen molar-refractivity contribution in [1.29, 1.82) is 0 Å². The van der Waals surface area contributed by atoms with Gasteiger partial charge in [-0.1, -0.05) is 17.7 Å². The molecule has 2 aromatic rings. The molecule has 5 nitrogen and oxygen atoms in total. The van der Waals surface area contributed by atoms with E-state index in [1.54, 1.807) is 6.92 Å². The fourth-order valence-electron chi connectivity index (χ4n) is 4.80. The number of aryl methyl sites for hydroxylation is 2. The van der Waals surface area contributed by atoms with E-state index in [4.69, 9.17) is 11.6 Å². The molecule has 1 N–H and O–H groups in total. The summed E-state index contributed by atoms with van der Waals surface area (Å²) in [5.74, 6) is 0.553. The van der Waals surface area contributed by atoms with Gasteiger partial charge in [-0.3, -0.25) is 19.6 Å². The Morgan fingerprint density at radius 1 is 1.22 bits per heavy atom. The third-order valence-electron chi connectivity index (χ3n) is 6.66. The van der Waals surface area contributed by atoms with Crippen LogP contribution in [0, 0.1) is 18.8 Å². The molecule has 4 rings (SSSR count). The number of hydrogen-bond acceptors (Lipinski definition) is 4. The van der Waals surface area contributed by atoms with E-state index in [2.05, 4.69) is 27.4 Å². The number of pyridine rings is 2. The van der Waals surface area contributed by atoms with Gasteiger partial charge in [-0.2, -0.15) is 0 Å². The molecule has 2 aromatic heterocycles. The first kappa shape index (κ1) is 22.7. The lowest BCUT2D eigenvalue weighted by Gasteiger charge is -2.17. The van der Waals surface area contributed by atoms with Gasteiger partial charge in [-0.25, -0.2) is 0 Å². The number of aromatic nitrogens is 2. The summed E-state index contributed by atoms with van der Waals surface area (Å²) in [6, 6.07) is 5.72. The van der Waals surface area contributed by atoms with E-state index in [1.165, 1.54) is 5.56 Å². The van der Waals surface area contributed by atoms with Gasteiger partial charge in [0.25, 0.3) is 0 Å². The van der Waals surface area contributed by atoms with Crippen molar-refractivity contribution in [3.05, 3.63) is 64.7 Å². The molecule has 0 saturated heterocycles. The third-order valence-corrected chi connectivity index (χ3v) is 7.02. The lowest BCUT2D eigenvalue weighted by Crippen LogP contribution is -2.41. The number of Topliss-reactive ketones (excluding diaryl/α,β-unsaturated/α-hetero) is 1. The van der Waals surface area contributed by atoms with Crippen LogP contribution >= 0.6 is 11.6 Å². The van der Waals surface area contributed by atoms with Crippen LogP contribution in [0.25, 0.3) is 5.03 Å². The van der Waals surface area contributed by atoms with Crippen LogP contribution in [0.4, 0.5) is 0 Å². The highest BCUT2D eigenvalue weighted by atomic mass is 35.5. The van der Waals surface area contributed by atoms with Crippen molar-refractivity contribution in [3.63, 3.8) is 0 Å². The number of hydrogen-bond donors (Lipinski definition) is 1. The summed E-state index contributed by atoms with van der Waals surface area (Å²) in [7, 11) is 0. The number of fused-ring (bicyclic) bond motifs is 1. The minimum atomic E-state index is -0.477. The molecule has 0 aliphatic heterocycles. The summed E-state index contributed by atoms with van der Waals surface area (Å²) in [6.07, 6.45) is 11.2. The van der Waals surface area contributed by atoms with Crippen molar-refractivity contribution >= 4 is 28.3 Å². The van der Waals surface area contributed by atoms with Crippen molar-refractivity contribution in [2.45, 2.75) is 64.8 Å². The molecule has 0 aromatic carbocycles. The number of amides is 1. The van der Waals surface area contributed by atoms with Crippen molar-refractivity contribution < 1.29 is 9.59 Å². The smallest absolute Gasteiger partial charge is 0.223 e. The summed E-state index contributed by atoms with van der Waals surface area (Å²) in [5.41, 5.74) is 5.26. The predicted octanol–water partition coefficient (Wildman–Crippen LogP) is 4.59. The molecule has 3 atom stereocenters. The second kappa shape index (κ2) is 9.95. The number of carbonyl (C=O) groups is 2. The van der Waals surface area contributed by atoms with Crippen LogP contribution < -0.4 is 5.32 Å². The number of halogens is 1. The maximum absolute atomic E-state index is 12.7.